The normalized spacial score (nSPS) is 22.2. The van der Waals surface area contributed by atoms with Crippen LogP contribution in [0.25, 0.3) is 0 Å². The van der Waals surface area contributed by atoms with Gasteiger partial charge >= 0.3 is 11.9 Å². The van der Waals surface area contributed by atoms with Crippen molar-refractivity contribution in [1.29, 1.82) is 0 Å². The Balaban J connectivity index is 2.55. The lowest BCUT2D eigenvalue weighted by molar-refractivity contribution is -0.297. The molecule has 1 rings (SSSR count). The molecule has 0 spiro atoms. The Morgan fingerprint density at radius 1 is 0.688 bits per heavy atom. The fraction of sp³-hybridized carbons (Fsp3) is 0.886. The summed E-state index contributed by atoms with van der Waals surface area (Å²) in [5.74, 6) is -2.00. The number of carbonyl (C=O) groups excluding carboxylic acids is 2. The Morgan fingerprint density at radius 3 is 1.75 bits per heavy atom. The molecule has 0 amide bonds. The second-order valence-electron chi connectivity index (χ2n) is 12.9. The third-order valence-corrected chi connectivity index (χ3v) is 9.10. The van der Waals surface area contributed by atoms with Crippen molar-refractivity contribution in [2.45, 2.75) is 179 Å². The predicted molar refractivity (Wildman–Crippen MR) is 183 cm³/mol. The van der Waals surface area contributed by atoms with Crippen LogP contribution < -0.4 is 0 Å². The van der Waals surface area contributed by atoms with Crippen LogP contribution >= 0.6 is 0 Å². The molecule has 0 aromatic heterocycles. The van der Waals surface area contributed by atoms with Crippen molar-refractivity contribution in [3.05, 3.63) is 12.2 Å². The number of hydrogen-bond donors (Lipinski definition) is 4. The van der Waals surface area contributed by atoms with Crippen LogP contribution in [0.3, 0.4) is 0 Å². The van der Waals surface area contributed by atoms with Gasteiger partial charge in [-0.25, -0.2) is 0 Å². The van der Waals surface area contributed by atoms with Crippen LogP contribution in [0.5, 0.6) is 0 Å². The van der Waals surface area contributed by atoms with Crippen molar-refractivity contribution in [1.82, 2.24) is 0 Å². The highest BCUT2D eigenvalue weighted by Gasteiger charge is 2.46. The van der Waals surface area contributed by atoms with E-state index in [1.807, 2.05) is 0 Å². The Hall–Kier alpha value is -1.61. The lowest BCUT2D eigenvalue weighted by Gasteiger charge is -2.40. The Bertz CT molecular complexity index is 973. The number of ether oxygens (including phenoxy) is 4. The summed E-state index contributed by atoms with van der Waals surface area (Å²) in [7, 11) is -4.59. The van der Waals surface area contributed by atoms with E-state index in [9.17, 15) is 37.9 Å². The molecular weight excluding hydrogens is 644 g/mol. The number of aliphatic hydroxyl groups excluding tert-OH is 3. The van der Waals surface area contributed by atoms with E-state index in [0.717, 1.165) is 57.8 Å². The van der Waals surface area contributed by atoms with Gasteiger partial charge in [-0.2, -0.15) is 8.42 Å². The van der Waals surface area contributed by atoms with Gasteiger partial charge in [0.2, 0.25) is 0 Å². The first-order chi connectivity index (χ1) is 23.0. The van der Waals surface area contributed by atoms with Crippen molar-refractivity contribution in [3.63, 3.8) is 0 Å². The summed E-state index contributed by atoms with van der Waals surface area (Å²) in [6, 6.07) is 0. The van der Waals surface area contributed by atoms with Gasteiger partial charge in [0.25, 0.3) is 10.1 Å². The van der Waals surface area contributed by atoms with Gasteiger partial charge in [0.15, 0.2) is 12.4 Å². The highest BCUT2D eigenvalue weighted by Crippen LogP contribution is 2.24. The smallest absolute Gasteiger partial charge is 0.306 e. The number of esters is 2. The molecular formula is C35H64O12S. The van der Waals surface area contributed by atoms with Crippen LogP contribution in [0.15, 0.2) is 12.2 Å². The molecule has 13 heteroatoms. The molecule has 1 aliphatic heterocycles. The number of carbonyl (C=O) groups is 2. The molecule has 0 aromatic rings. The van der Waals surface area contributed by atoms with Gasteiger partial charge in [-0.05, 0) is 38.5 Å². The average Bonchev–Trinajstić information content (AvgIpc) is 3.04. The van der Waals surface area contributed by atoms with Gasteiger partial charge in [-0.3, -0.25) is 14.1 Å². The third-order valence-electron chi connectivity index (χ3n) is 8.35. The molecule has 0 saturated carbocycles. The summed E-state index contributed by atoms with van der Waals surface area (Å²) in [6.07, 6.45) is 14.4. The number of unbranched alkanes of at least 4 members (excludes halogenated alkanes) is 15. The highest BCUT2D eigenvalue weighted by molar-refractivity contribution is 7.85. The van der Waals surface area contributed by atoms with Gasteiger partial charge in [-0.1, -0.05) is 103 Å². The van der Waals surface area contributed by atoms with Crippen molar-refractivity contribution in [3.8, 4) is 0 Å². The molecule has 1 fully saturated rings. The molecule has 1 saturated heterocycles. The number of hydrogen-bond acceptors (Lipinski definition) is 11. The molecule has 1 heterocycles. The van der Waals surface area contributed by atoms with Crippen molar-refractivity contribution in [2.24, 2.45) is 0 Å². The van der Waals surface area contributed by atoms with Gasteiger partial charge in [0.05, 0.1) is 6.61 Å². The second-order valence-corrected chi connectivity index (χ2v) is 14.4. The second kappa shape index (κ2) is 27.2. The zero-order chi connectivity index (χ0) is 35.6. The lowest BCUT2D eigenvalue weighted by Crippen LogP contribution is -2.60. The quantitative estimate of drug-likeness (QED) is 0.0329. The Kier molecular flexibility index (Phi) is 25.1. The first-order valence-electron chi connectivity index (χ1n) is 18.2. The maximum Gasteiger partial charge on any atom is 0.306 e. The van der Waals surface area contributed by atoms with Gasteiger partial charge < -0.3 is 34.3 Å². The maximum absolute atomic E-state index is 12.7. The monoisotopic (exact) mass is 708 g/mol. The highest BCUT2D eigenvalue weighted by atomic mass is 32.2. The fourth-order valence-electron chi connectivity index (χ4n) is 5.43. The van der Waals surface area contributed by atoms with Crippen LogP contribution in [-0.2, 0) is 38.7 Å². The van der Waals surface area contributed by atoms with Gasteiger partial charge in [-0.15, -0.1) is 0 Å². The summed E-state index contributed by atoms with van der Waals surface area (Å²) >= 11 is 0. The van der Waals surface area contributed by atoms with Gasteiger partial charge in [0.1, 0.15) is 36.8 Å². The van der Waals surface area contributed by atoms with Crippen LogP contribution in [0.4, 0.5) is 0 Å². The third kappa shape index (κ3) is 22.2. The summed E-state index contributed by atoms with van der Waals surface area (Å²) in [4.78, 5) is 25.0. The van der Waals surface area contributed by atoms with Crippen LogP contribution in [0.1, 0.15) is 142 Å². The van der Waals surface area contributed by atoms with E-state index in [-0.39, 0.29) is 19.4 Å². The first kappa shape index (κ1) is 44.4. The molecule has 6 atom stereocenters. The van der Waals surface area contributed by atoms with Gasteiger partial charge in [0, 0.05) is 12.8 Å². The Morgan fingerprint density at radius 2 is 1.19 bits per heavy atom. The van der Waals surface area contributed by atoms with Crippen molar-refractivity contribution >= 4 is 22.1 Å². The SMILES string of the molecule is CCCCCC/C=C/CCCCCCCC(=O)O[C@H](COC(=O)CCCCCCCCC)CO[C@H]1O[C@H](CS(=O)(=O)O)[C@@H](O)C(O)C1O. The minimum atomic E-state index is -4.59. The van der Waals surface area contributed by atoms with Crippen LogP contribution in [-0.4, -0.2) is 96.0 Å². The molecule has 0 aliphatic carbocycles. The van der Waals surface area contributed by atoms with Crippen LogP contribution in [0.2, 0.25) is 0 Å². The summed E-state index contributed by atoms with van der Waals surface area (Å²) in [6.45, 7) is 3.64. The zero-order valence-corrected chi connectivity index (χ0v) is 30.2. The largest absolute Gasteiger partial charge is 0.462 e. The van der Waals surface area contributed by atoms with E-state index in [1.165, 1.54) is 44.9 Å². The molecule has 4 N–H and O–H groups in total. The average molecular weight is 709 g/mol. The standard InChI is InChI=1S/C35H64O12S/c1-3-5-7-9-11-12-13-14-15-16-18-20-22-24-31(37)46-28(25-44-30(36)23-21-19-17-10-8-6-4-2)26-45-35-34(40)33(39)32(38)29(47-35)27-48(41,42)43/h12-13,28-29,32-35,38-40H,3-11,14-27H2,1-2H3,(H,41,42,43)/b13-12+/t28-,29-,32-,33?,34?,35+/m1/s1. The Labute approximate surface area is 288 Å². The molecule has 282 valence electrons. The minimum Gasteiger partial charge on any atom is -0.462 e. The van der Waals surface area contributed by atoms with E-state index < -0.39 is 71.2 Å². The maximum atomic E-state index is 12.7. The summed E-state index contributed by atoms with van der Waals surface area (Å²) in [5, 5.41) is 30.6. The molecule has 12 nitrogen and oxygen atoms in total. The number of aliphatic hydroxyl groups is 3. The number of allylic oxidation sites excluding steroid dienone is 2. The van der Waals surface area contributed by atoms with E-state index in [1.54, 1.807) is 0 Å². The molecule has 0 radical (unpaired) electrons. The first-order valence-corrected chi connectivity index (χ1v) is 19.9. The summed E-state index contributed by atoms with van der Waals surface area (Å²) < 4.78 is 53.6. The topological polar surface area (TPSA) is 186 Å². The molecule has 0 aromatic carbocycles. The van der Waals surface area contributed by atoms with E-state index in [0.29, 0.717) is 12.8 Å². The molecule has 48 heavy (non-hydrogen) atoms. The van der Waals surface area contributed by atoms with Crippen LogP contribution in [0, 0.1) is 0 Å². The van der Waals surface area contributed by atoms with E-state index in [4.69, 9.17) is 18.9 Å². The molecule has 2 unspecified atom stereocenters. The lowest BCUT2D eigenvalue weighted by atomic mass is 10.00. The fourth-order valence-corrected chi connectivity index (χ4v) is 6.12. The van der Waals surface area contributed by atoms with E-state index in [2.05, 4.69) is 26.0 Å². The van der Waals surface area contributed by atoms with E-state index >= 15 is 0 Å². The predicted octanol–water partition coefficient (Wildman–Crippen LogP) is 5.55. The summed E-state index contributed by atoms with van der Waals surface area (Å²) in [5.41, 5.74) is 0. The zero-order valence-electron chi connectivity index (χ0n) is 29.3. The number of rotatable bonds is 29. The molecule has 0 bridgehead atoms. The van der Waals surface area contributed by atoms with Crippen molar-refractivity contribution in [2.75, 3.05) is 19.0 Å². The molecule has 1 aliphatic rings. The minimum absolute atomic E-state index is 0.157. The van der Waals surface area contributed by atoms with Crippen molar-refractivity contribution < 1.29 is 56.8 Å².